The first kappa shape index (κ1) is 16.1. The summed E-state index contributed by atoms with van der Waals surface area (Å²) in [6, 6.07) is 2.00. The Morgan fingerprint density at radius 3 is 2.83 bits per heavy atom. The van der Waals surface area contributed by atoms with Gasteiger partial charge in [0, 0.05) is 50.9 Å². The van der Waals surface area contributed by atoms with Crippen LogP contribution in [0.15, 0.2) is 10.6 Å². The van der Waals surface area contributed by atoms with E-state index in [1.54, 1.807) is 0 Å². The van der Waals surface area contributed by atoms with Gasteiger partial charge >= 0.3 is 0 Å². The van der Waals surface area contributed by atoms with E-state index in [4.69, 9.17) is 9.26 Å². The number of aromatic nitrogens is 1. The molecule has 0 spiro atoms. The molecule has 24 heavy (non-hydrogen) atoms. The molecule has 2 aliphatic heterocycles. The number of hydrogen-bond acceptors (Lipinski definition) is 5. The van der Waals surface area contributed by atoms with Crippen molar-refractivity contribution >= 4 is 5.91 Å². The summed E-state index contributed by atoms with van der Waals surface area (Å²) in [5, 5.41) is 7.10. The Hall–Kier alpha value is -1.40. The first-order valence-corrected chi connectivity index (χ1v) is 9.26. The van der Waals surface area contributed by atoms with E-state index in [0.717, 1.165) is 70.2 Å². The second-order valence-corrected chi connectivity index (χ2v) is 7.72. The van der Waals surface area contributed by atoms with Crippen LogP contribution in [0.3, 0.4) is 0 Å². The molecule has 2 atom stereocenters. The summed E-state index contributed by atoms with van der Waals surface area (Å²) in [4.78, 5) is 14.9. The maximum atomic E-state index is 12.4. The topological polar surface area (TPSA) is 67.6 Å². The Bertz CT molecular complexity index is 578. The quantitative estimate of drug-likeness (QED) is 0.893. The van der Waals surface area contributed by atoms with Crippen LogP contribution in [0.5, 0.6) is 0 Å². The normalized spacial score (nSPS) is 29.0. The minimum absolute atomic E-state index is 0.101. The van der Waals surface area contributed by atoms with Crippen molar-refractivity contribution in [3.8, 4) is 0 Å². The van der Waals surface area contributed by atoms with Gasteiger partial charge in [-0.15, -0.1) is 0 Å². The van der Waals surface area contributed by atoms with Gasteiger partial charge in [-0.1, -0.05) is 12.1 Å². The van der Waals surface area contributed by atoms with Gasteiger partial charge < -0.3 is 19.5 Å². The van der Waals surface area contributed by atoms with E-state index >= 15 is 0 Å². The minimum Gasteiger partial charge on any atom is -0.381 e. The highest BCUT2D eigenvalue weighted by Crippen LogP contribution is 2.40. The first-order valence-electron chi connectivity index (χ1n) is 9.26. The van der Waals surface area contributed by atoms with Crippen LogP contribution in [0.25, 0.3) is 0 Å². The third kappa shape index (κ3) is 3.64. The van der Waals surface area contributed by atoms with Crippen molar-refractivity contribution in [2.75, 3.05) is 32.8 Å². The summed E-state index contributed by atoms with van der Waals surface area (Å²) < 4.78 is 10.7. The van der Waals surface area contributed by atoms with E-state index in [1.165, 1.54) is 0 Å². The van der Waals surface area contributed by atoms with Gasteiger partial charge in [0.2, 0.25) is 0 Å². The molecule has 1 aromatic rings. The van der Waals surface area contributed by atoms with Crippen LogP contribution in [-0.2, 0) is 4.74 Å². The molecule has 1 aromatic heterocycles. The fourth-order valence-corrected chi connectivity index (χ4v) is 3.90. The molecular formula is C18H27N3O3. The predicted molar refractivity (Wildman–Crippen MR) is 88.9 cm³/mol. The van der Waals surface area contributed by atoms with Crippen molar-refractivity contribution in [3.63, 3.8) is 0 Å². The molecular weight excluding hydrogens is 306 g/mol. The molecule has 4 rings (SSSR count). The van der Waals surface area contributed by atoms with E-state index in [9.17, 15) is 4.79 Å². The van der Waals surface area contributed by atoms with Gasteiger partial charge in [0.15, 0.2) is 5.69 Å². The van der Waals surface area contributed by atoms with Crippen LogP contribution < -0.4 is 5.32 Å². The SMILES string of the molecule is CC1CN(CC2CCOCC2)CC1NC(=O)c1cc(C2CC2)on1. The van der Waals surface area contributed by atoms with Crippen LogP contribution in [0.2, 0.25) is 0 Å². The Morgan fingerprint density at radius 1 is 1.29 bits per heavy atom. The molecule has 6 nitrogen and oxygen atoms in total. The Morgan fingerprint density at radius 2 is 2.08 bits per heavy atom. The number of hydrogen-bond donors (Lipinski definition) is 1. The number of carbonyl (C=O) groups is 1. The summed E-state index contributed by atoms with van der Waals surface area (Å²) in [7, 11) is 0. The predicted octanol–water partition coefficient (Wildman–Crippen LogP) is 2.03. The molecule has 6 heteroatoms. The number of ether oxygens (including phenoxy) is 1. The van der Waals surface area contributed by atoms with Gasteiger partial charge in [-0.3, -0.25) is 4.79 Å². The zero-order chi connectivity index (χ0) is 16.5. The minimum atomic E-state index is -0.101. The molecule has 0 aromatic carbocycles. The molecule has 3 aliphatic rings. The fourth-order valence-electron chi connectivity index (χ4n) is 3.90. The van der Waals surface area contributed by atoms with E-state index in [-0.39, 0.29) is 11.9 Å². The number of carbonyl (C=O) groups excluding carboxylic acids is 1. The van der Waals surface area contributed by atoms with Crippen LogP contribution in [-0.4, -0.2) is 54.9 Å². The lowest BCUT2D eigenvalue weighted by atomic mass is 10.00. The zero-order valence-corrected chi connectivity index (χ0v) is 14.4. The van der Waals surface area contributed by atoms with Gasteiger partial charge in [-0.25, -0.2) is 0 Å². The third-order valence-electron chi connectivity index (χ3n) is 5.60. The molecule has 3 heterocycles. The third-order valence-corrected chi connectivity index (χ3v) is 5.60. The second-order valence-electron chi connectivity index (χ2n) is 7.72. The maximum Gasteiger partial charge on any atom is 0.273 e. The van der Waals surface area contributed by atoms with Crippen LogP contribution in [0.1, 0.15) is 54.8 Å². The van der Waals surface area contributed by atoms with E-state index < -0.39 is 0 Å². The van der Waals surface area contributed by atoms with E-state index in [0.29, 0.717) is 17.5 Å². The largest absolute Gasteiger partial charge is 0.381 e. The van der Waals surface area contributed by atoms with Gasteiger partial charge in [0.1, 0.15) is 5.76 Å². The van der Waals surface area contributed by atoms with Gasteiger partial charge in [0.25, 0.3) is 5.91 Å². The summed E-state index contributed by atoms with van der Waals surface area (Å²) in [6.45, 7) is 7.10. The Labute approximate surface area is 142 Å². The smallest absolute Gasteiger partial charge is 0.273 e. The number of amides is 1. The van der Waals surface area contributed by atoms with Crippen LogP contribution in [0, 0.1) is 11.8 Å². The molecule has 1 amide bonds. The highest BCUT2D eigenvalue weighted by atomic mass is 16.5. The standard InChI is InChI=1S/C18H27N3O3/c1-12-9-21(10-13-4-6-23-7-5-13)11-16(12)19-18(22)15-8-17(24-20-15)14-2-3-14/h8,12-14,16H,2-7,9-11H2,1H3,(H,19,22). The fraction of sp³-hybridized carbons (Fsp3) is 0.778. The van der Waals surface area contributed by atoms with Gasteiger partial charge in [-0.05, 0) is 37.5 Å². The van der Waals surface area contributed by atoms with Crippen molar-refractivity contribution in [1.29, 1.82) is 0 Å². The molecule has 2 saturated heterocycles. The summed E-state index contributed by atoms with van der Waals surface area (Å²) in [5.41, 5.74) is 0.423. The van der Waals surface area contributed by atoms with Crippen molar-refractivity contribution in [2.45, 2.75) is 44.6 Å². The van der Waals surface area contributed by atoms with E-state index in [1.807, 2.05) is 6.07 Å². The van der Waals surface area contributed by atoms with E-state index in [2.05, 4.69) is 22.3 Å². The zero-order valence-electron chi connectivity index (χ0n) is 14.4. The lowest BCUT2D eigenvalue weighted by molar-refractivity contribution is 0.0550. The lowest BCUT2D eigenvalue weighted by Gasteiger charge is -2.26. The number of nitrogens with one attached hydrogen (secondary N) is 1. The van der Waals surface area contributed by atoms with Gasteiger partial charge in [0.05, 0.1) is 0 Å². The Kier molecular flexibility index (Phi) is 4.59. The summed E-state index contributed by atoms with van der Waals surface area (Å²) in [5.74, 6) is 2.44. The highest BCUT2D eigenvalue weighted by molar-refractivity contribution is 5.92. The average Bonchev–Trinajstić information content (AvgIpc) is 3.21. The van der Waals surface area contributed by atoms with Crippen molar-refractivity contribution in [1.82, 2.24) is 15.4 Å². The summed E-state index contributed by atoms with van der Waals surface area (Å²) >= 11 is 0. The average molecular weight is 333 g/mol. The molecule has 2 unspecified atom stereocenters. The first-order chi connectivity index (χ1) is 11.7. The molecule has 1 N–H and O–H groups in total. The molecule has 1 saturated carbocycles. The maximum absolute atomic E-state index is 12.4. The second kappa shape index (κ2) is 6.84. The molecule has 3 fully saturated rings. The number of likely N-dealkylation sites (tertiary alicyclic amines) is 1. The Balaban J connectivity index is 1.29. The van der Waals surface area contributed by atoms with Crippen LogP contribution >= 0.6 is 0 Å². The highest BCUT2D eigenvalue weighted by Gasteiger charge is 2.33. The monoisotopic (exact) mass is 333 g/mol. The molecule has 1 aliphatic carbocycles. The molecule has 0 radical (unpaired) electrons. The lowest BCUT2D eigenvalue weighted by Crippen LogP contribution is -2.40. The molecule has 132 valence electrons. The van der Waals surface area contributed by atoms with Crippen LogP contribution in [0.4, 0.5) is 0 Å². The van der Waals surface area contributed by atoms with Gasteiger partial charge in [-0.2, -0.15) is 0 Å². The summed E-state index contributed by atoms with van der Waals surface area (Å²) in [6.07, 6.45) is 4.61. The number of rotatable bonds is 5. The van der Waals surface area contributed by atoms with Crippen molar-refractivity contribution < 1.29 is 14.1 Å². The van der Waals surface area contributed by atoms with Crippen molar-refractivity contribution in [2.24, 2.45) is 11.8 Å². The number of nitrogens with zero attached hydrogens (tertiary/aromatic N) is 2. The van der Waals surface area contributed by atoms with Crippen molar-refractivity contribution in [3.05, 3.63) is 17.5 Å². The molecule has 0 bridgehead atoms.